The number of rotatable bonds is 12. The van der Waals surface area contributed by atoms with Crippen LogP contribution in [0.3, 0.4) is 0 Å². The van der Waals surface area contributed by atoms with Crippen molar-refractivity contribution in [2.45, 2.75) is 137 Å². The number of hydrogen-bond acceptors (Lipinski definition) is 2. The fourth-order valence-corrected chi connectivity index (χ4v) is 22.1. The SMILES string of the molecule is CCC[CH2][Sn](/[CH]=C/C(=C1/C2=C(CCCCC2)[C@@H](O)[C@H]1O)[Si](C)(C)C)([CH2]CCC)[CH2]CCC. The van der Waals surface area contributed by atoms with E-state index in [1.54, 1.807) is 0 Å². The minimum atomic E-state index is -2.40. The molecule has 0 radical (unpaired) electrons. The molecule has 0 aliphatic heterocycles. The van der Waals surface area contributed by atoms with Gasteiger partial charge in [-0.05, 0) is 0 Å². The van der Waals surface area contributed by atoms with Crippen molar-refractivity contribution < 1.29 is 10.2 Å². The summed E-state index contributed by atoms with van der Waals surface area (Å²) in [6, 6.07) is 0. The Bertz CT molecular complexity index is 664. The van der Waals surface area contributed by atoms with Crippen LogP contribution in [0.1, 0.15) is 91.4 Å². The molecule has 0 aromatic heterocycles. The third-order valence-corrected chi connectivity index (χ3v) is 23.9. The zero-order valence-electron chi connectivity index (χ0n) is 22.1. The van der Waals surface area contributed by atoms with Crippen LogP contribution in [0.15, 0.2) is 32.1 Å². The van der Waals surface area contributed by atoms with Gasteiger partial charge in [0, 0.05) is 0 Å². The number of aliphatic hydroxyl groups excluding tert-OH is 2. The second-order valence-electron chi connectivity index (χ2n) is 11.5. The summed E-state index contributed by atoms with van der Waals surface area (Å²) in [5.41, 5.74) is 3.64. The molecule has 2 aliphatic carbocycles. The quantitative estimate of drug-likeness (QED) is 0.234. The molecule has 4 heteroatoms. The van der Waals surface area contributed by atoms with E-state index < -0.39 is 38.7 Å². The fraction of sp³-hybridized carbons (Fsp3) is 0.786. The zero-order valence-corrected chi connectivity index (χ0v) is 26.0. The van der Waals surface area contributed by atoms with E-state index in [1.165, 1.54) is 75.4 Å². The van der Waals surface area contributed by atoms with Crippen LogP contribution in [0.25, 0.3) is 0 Å². The molecule has 0 bridgehead atoms. The monoisotopic (exact) mass is 568 g/mol. The third kappa shape index (κ3) is 7.33. The summed E-state index contributed by atoms with van der Waals surface area (Å²) >= 11 is -2.40. The van der Waals surface area contributed by atoms with E-state index in [1.807, 2.05) is 0 Å². The molecule has 2 atom stereocenters. The van der Waals surface area contributed by atoms with Crippen LogP contribution >= 0.6 is 0 Å². The molecule has 32 heavy (non-hydrogen) atoms. The molecule has 0 unspecified atom stereocenters. The standard InChI is InChI=1S/C16H25O2Si.3C4H9.Sn/c1-5-13(19(2,3)4)14-11-9-7-6-8-10-12(11)15(17)16(14)18;3*1-3-4-2;/h1,5,15-18H,6-10H2,2-4H3;3*1,3-4H2,2H3;/b5-1?,14-13+;;;;/t15-,16+;;;;/m1..../s1. The van der Waals surface area contributed by atoms with Crippen LogP contribution in [-0.2, 0) is 0 Å². The Morgan fingerprint density at radius 1 is 0.844 bits per heavy atom. The van der Waals surface area contributed by atoms with Gasteiger partial charge in [0.25, 0.3) is 0 Å². The van der Waals surface area contributed by atoms with Crippen molar-refractivity contribution in [3.63, 3.8) is 0 Å². The summed E-state index contributed by atoms with van der Waals surface area (Å²) in [6.07, 6.45) is 14.8. The van der Waals surface area contributed by atoms with Crippen molar-refractivity contribution in [1.82, 2.24) is 0 Å². The molecular weight excluding hydrogens is 515 g/mol. The summed E-state index contributed by atoms with van der Waals surface area (Å²) < 4.78 is 7.23. The van der Waals surface area contributed by atoms with E-state index in [4.69, 9.17) is 0 Å². The Balaban J connectivity index is 2.56. The molecule has 0 fully saturated rings. The van der Waals surface area contributed by atoms with Gasteiger partial charge in [-0.25, -0.2) is 0 Å². The van der Waals surface area contributed by atoms with Gasteiger partial charge in [-0.3, -0.25) is 0 Å². The summed E-state index contributed by atoms with van der Waals surface area (Å²) in [5.74, 6) is 0. The molecule has 2 aliphatic rings. The molecule has 0 aromatic carbocycles. The Labute approximate surface area is 204 Å². The van der Waals surface area contributed by atoms with Crippen LogP contribution in [0.5, 0.6) is 0 Å². The molecular formula is C28H52O2SiSn. The first-order valence-corrected chi connectivity index (χ1v) is 24.9. The average Bonchev–Trinajstić information content (AvgIpc) is 2.92. The summed E-state index contributed by atoms with van der Waals surface area (Å²) in [6.45, 7) is 14.3. The molecule has 0 saturated heterocycles. The van der Waals surface area contributed by atoms with E-state index in [-0.39, 0.29) is 0 Å². The van der Waals surface area contributed by atoms with Crippen molar-refractivity contribution in [3.8, 4) is 0 Å². The minimum absolute atomic E-state index is 0.675. The van der Waals surface area contributed by atoms with Gasteiger partial charge in [-0.1, -0.05) is 0 Å². The molecule has 0 spiro atoms. The van der Waals surface area contributed by atoms with Gasteiger partial charge in [0.05, 0.1) is 0 Å². The van der Waals surface area contributed by atoms with E-state index >= 15 is 0 Å². The number of hydrogen-bond donors (Lipinski definition) is 2. The average molecular weight is 568 g/mol. The normalized spacial score (nSPS) is 24.2. The second-order valence-corrected chi connectivity index (χ2v) is 29.6. The summed E-state index contributed by atoms with van der Waals surface area (Å²) in [5, 5.41) is 23.6. The Morgan fingerprint density at radius 2 is 1.38 bits per heavy atom. The van der Waals surface area contributed by atoms with Crippen molar-refractivity contribution in [1.29, 1.82) is 0 Å². The third-order valence-electron chi connectivity index (χ3n) is 7.82. The number of allylic oxidation sites excluding steroid dienone is 2. The molecule has 0 amide bonds. The maximum atomic E-state index is 11.2. The predicted octanol–water partition coefficient (Wildman–Crippen LogP) is 8.10. The predicted molar refractivity (Wildman–Crippen MR) is 147 cm³/mol. The Kier molecular flexibility index (Phi) is 11.8. The van der Waals surface area contributed by atoms with Crippen molar-refractivity contribution >= 4 is 26.5 Å². The van der Waals surface area contributed by atoms with E-state index in [9.17, 15) is 10.2 Å². The van der Waals surface area contributed by atoms with Crippen molar-refractivity contribution in [3.05, 3.63) is 32.1 Å². The first-order valence-electron chi connectivity index (χ1n) is 13.7. The molecule has 0 heterocycles. The fourth-order valence-electron chi connectivity index (χ4n) is 5.80. The van der Waals surface area contributed by atoms with Gasteiger partial charge in [-0.2, -0.15) is 0 Å². The summed E-state index contributed by atoms with van der Waals surface area (Å²) in [4.78, 5) is 0. The van der Waals surface area contributed by atoms with Crippen LogP contribution < -0.4 is 0 Å². The van der Waals surface area contributed by atoms with Crippen molar-refractivity contribution in [2.24, 2.45) is 0 Å². The van der Waals surface area contributed by atoms with Gasteiger partial charge >= 0.3 is 205 Å². The first-order chi connectivity index (χ1) is 15.2. The van der Waals surface area contributed by atoms with Crippen LogP contribution in [0.2, 0.25) is 33.0 Å². The Morgan fingerprint density at radius 3 is 1.88 bits per heavy atom. The molecule has 2 N–H and O–H groups in total. The number of aliphatic hydroxyl groups is 2. The van der Waals surface area contributed by atoms with Crippen molar-refractivity contribution in [2.75, 3.05) is 0 Å². The van der Waals surface area contributed by atoms with E-state index in [2.05, 4.69) is 50.6 Å². The van der Waals surface area contributed by atoms with Crippen LogP contribution in [0.4, 0.5) is 0 Å². The molecule has 0 saturated carbocycles. The van der Waals surface area contributed by atoms with Crippen LogP contribution in [-0.4, -0.2) is 48.9 Å². The van der Waals surface area contributed by atoms with Gasteiger partial charge < -0.3 is 0 Å². The van der Waals surface area contributed by atoms with Gasteiger partial charge in [0.15, 0.2) is 0 Å². The van der Waals surface area contributed by atoms with E-state index in [0.717, 1.165) is 30.4 Å². The first kappa shape index (κ1) is 28.4. The van der Waals surface area contributed by atoms with Gasteiger partial charge in [-0.15, -0.1) is 0 Å². The molecule has 2 nitrogen and oxygen atoms in total. The topological polar surface area (TPSA) is 40.5 Å². The molecule has 2 rings (SSSR count). The Hall–Kier alpha value is 0.156. The number of unbranched alkanes of at least 4 members (excludes halogenated alkanes) is 3. The molecule has 0 aromatic rings. The van der Waals surface area contributed by atoms with Gasteiger partial charge in [0.2, 0.25) is 0 Å². The zero-order chi connectivity index (χ0) is 23.8. The van der Waals surface area contributed by atoms with E-state index in [0.29, 0.717) is 0 Å². The van der Waals surface area contributed by atoms with Gasteiger partial charge in [0.1, 0.15) is 0 Å². The maximum absolute atomic E-state index is 11.2. The van der Waals surface area contributed by atoms with Crippen LogP contribution in [0, 0.1) is 0 Å². The molecule has 184 valence electrons. The second kappa shape index (κ2) is 13.3. The summed E-state index contributed by atoms with van der Waals surface area (Å²) in [7, 11) is -1.69.